The predicted octanol–water partition coefficient (Wildman–Crippen LogP) is 2.33. The number of fused-ring (bicyclic) bond motifs is 1. The normalized spacial score (nSPS) is 28.1. The van der Waals surface area contributed by atoms with Crippen molar-refractivity contribution in [3.8, 4) is 17.9 Å². The summed E-state index contributed by atoms with van der Waals surface area (Å²) in [6.07, 6.45) is 4.43. The Morgan fingerprint density at radius 1 is 1.38 bits per heavy atom. The average molecular weight is 323 g/mol. The quantitative estimate of drug-likeness (QED) is 0.806. The predicted molar refractivity (Wildman–Crippen MR) is 86.5 cm³/mol. The summed E-state index contributed by atoms with van der Waals surface area (Å²) in [6, 6.07) is 6.19. The van der Waals surface area contributed by atoms with Gasteiger partial charge in [0.05, 0.1) is 30.0 Å². The fourth-order valence-electron chi connectivity index (χ4n) is 3.45. The molecule has 2 heterocycles. The Labute approximate surface area is 140 Å². The first kappa shape index (κ1) is 15.1. The number of halogens is 1. The number of benzene rings is 1. The van der Waals surface area contributed by atoms with Gasteiger partial charge in [-0.05, 0) is 25.0 Å². The summed E-state index contributed by atoms with van der Waals surface area (Å²) in [5, 5.41) is 20.0. The molecule has 0 aromatic heterocycles. The van der Waals surface area contributed by atoms with Crippen LogP contribution in [0.4, 0.5) is 4.39 Å². The van der Waals surface area contributed by atoms with Gasteiger partial charge in [-0.3, -0.25) is 0 Å². The zero-order valence-corrected chi connectivity index (χ0v) is 13.5. The van der Waals surface area contributed by atoms with E-state index in [1.54, 1.807) is 12.1 Å². The minimum absolute atomic E-state index is 0.285. The summed E-state index contributed by atoms with van der Waals surface area (Å²) in [6.45, 7) is 0.590. The molecule has 4 rings (SSSR count). The lowest BCUT2D eigenvalue weighted by Gasteiger charge is -2.25. The van der Waals surface area contributed by atoms with Crippen molar-refractivity contribution in [1.82, 2.24) is 9.80 Å². The van der Waals surface area contributed by atoms with Gasteiger partial charge in [-0.1, -0.05) is 17.9 Å². The van der Waals surface area contributed by atoms with Crippen molar-refractivity contribution in [2.45, 2.75) is 30.9 Å². The van der Waals surface area contributed by atoms with Crippen molar-refractivity contribution in [2.75, 3.05) is 13.7 Å². The standard InChI is InChI=1S/C19H18FN3O/c1-22-11-18-19(24,7-6-13-2-3-13)9-17(23(18)12-22)15-5-4-14(10-21)8-16(15)20/h4-5,8,11,13,17,24H,2-3,9,12H2,1H3/t17-,19-/m1/s1. The highest BCUT2D eigenvalue weighted by atomic mass is 19.1. The van der Waals surface area contributed by atoms with E-state index in [1.165, 1.54) is 6.07 Å². The largest absolute Gasteiger partial charge is 0.372 e. The number of aliphatic hydroxyl groups is 1. The molecule has 0 spiro atoms. The fraction of sp³-hybridized carbons (Fsp3) is 0.421. The molecule has 5 heteroatoms. The van der Waals surface area contributed by atoms with E-state index in [9.17, 15) is 9.50 Å². The Morgan fingerprint density at radius 3 is 2.83 bits per heavy atom. The van der Waals surface area contributed by atoms with E-state index in [0.717, 1.165) is 18.5 Å². The van der Waals surface area contributed by atoms with Gasteiger partial charge in [0.1, 0.15) is 5.82 Å². The van der Waals surface area contributed by atoms with E-state index >= 15 is 0 Å². The van der Waals surface area contributed by atoms with Gasteiger partial charge < -0.3 is 14.9 Å². The summed E-state index contributed by atoms with van der Waals surface area (Å²) in [4.78, 5) is 3.97. The van der Waals surface area contributed by atoms with Crippen molar-refractivity contribution in [1.29, 1.82) is 5.26 Å². The van der Waals surface area contributed by atoms with Crippen LogP contribution >= 0.6 is 0 Å². The molecule has 0 unspecified atom stereocenters. The molecule has 2 atom stereocenters. The molecule has 1 aromatic rings. The van der Waals surface area contributed by atoms with E-state index in [2.05, 4.69) is 11.8 Å². The van der Waals surface area contributed by atoms with Crippen molar-refractivity contribution in [3.63, 3.8) is 0 Å². The van der Waals surface area contributed by atoms with E-state index in [1.807, 2.05) is 29.1 Å². The Hall–Kier alpha value is -2.50. The van der Waals surface area contributed by atoms with Crippen LogP contribution in [0.3, 0.4) is 0 Å². The molecule has 24 heavy (non-hydrogen) atoms. The second-order valence-electron chi connectivity index (χ2n) is 6.85. The maximum atomic E-state index is 14.5. The van der Waals surface area contributed by atoms with Crippen molar-refractivity contribution in [3.05, 3.63) is 47.0 Å². The first-order chi connectivity index (χ1) is 11.5. The second-order valence-corrected chi connectivity index (χ2v) is 6.85. The van der Waals surface area contributed by atoms with Gasteiger partial charge in [0.25, 0.3) is 0 Å². The van der Waals surface area contributed by atoms with E-state index < -0.39 is 11.4 Å². The molecule has 3 aliphatic rings. The van der Waals surface area contributed by atoms with Crippen LogP contribution in [0.2, 0.25) is 0 Å². The minimum Gasteiger partial charge on any atom is -0.372 e. The Bertz CT molecular complexity index is 827. The molecule has 1 aromatic carbocycles. The molecule has 1 saturated carbocycles. The van der Waals surface area contributed by atoms with Crippen LogP contribution in [0.1, 0.15) is 36.4 Å². The van der Waals surface area contributed by atoms with Crippen LogP contribution in [0.15, 0.2) is 30.1 Å². The van der Waals surface area contributed by atoms with Gasteiger partial charge in [-0.15, -0.1) is 0 Å². The molecular weight excluding hydrogens is 305 g/mol. The Balaban J connectivity index is 1.72. The SMILES string of the molecule is CN1C=C2N(C1)[C@@H](c1ccc(C#N)cc1F)C[C@]2(O)C#CC1CC1. The molecule has 0 radical (unpaired) electrons. The Morgan fingerprint density at radius 2 is 2.17 bits per heavy atom. The second kappa shape index (κ2) is 5.26. The molecular formula is C19H18FN3O. The third-order valence-electron chi connectivity index (χ3n) is 4.87. The molecule has 0 bridgehead atoms. The van der Waals surface area contributed by atoms with Gasteiger partial charge in [0, 0.05) is 31.1 Å². The van der Waals surface area contributed by atoms with Crippen LogP contribution in [-0.4, -0.2) is 34.2 Å². The lowest BCUT2D eigenvalue weighted by molar-refractivity contribution is 0.142. The first-order valence-electron chi connectivity index (χ1n) is 8.14. The van der Waals surface area contributed by atoms with E-state index in [0.29, 0.717) is 30.1 Å². The van der Waals surface area contributed by atoms with Crippen LogP contribution in [0, 0.1) is 34.9 Å². The zero-order chi connectivity index (χ0) is 16.9. The number of rotatable bonds is 1. The number of hydrogen-bond acceptors (Lipinski definition) is 4. The lowest BCUT2D eigenvalue weighted by Crippen LogP contribution is -2.27. The third kappa shape index (κ3) is 2.42. The molecule has 2 fully saturated rings. The third-order valence-corrected chi connectivity index (χ3v) is 4.87. The molecule has 1 N–H and O–H groups in total. The van der Waals surface area contributed by atoms with Gasteiger partial charge in [0.2, 0.25) is 0 Å². The van der Waals surface area contributed by atoms with Gasteiger partial charge in [-0.25, -0.2) is 4.39 Å². The molecule has 2 aliphatic heterocycles. The summed E-state index contributed by atoms with van der Waals surface area (Å²) in [7, 11) is 1.92. The highest BCUT2D eigenvalue weighted by molar-refractivity contribution is 5.42. The molecule has 0 amide bonds. The van der Waals surface area contributed by atoms with Crippen molar-refractivity contribution in [2.24, 2.45) is 5.92 Å². The molecule has 122 valence electrons. The maximum absolute atomic E-state index is 14.5. The maximum Gasteiger partial charge on any atom is 0.169 e. The number of hydrogen-bond donors (Lipinski definition) is 1. The monoisotopic (exact) mass is 323 g/mol. The van der Waals surface area contributed by atoms with Crippen LogP contribution in [0.25, 0.3) is 0 Å². The molecule has 1 saturated heterocycles. The first-order valence-corrected chi connectivity index (χ1v) is 8.14. The highest BCUT2D eigenvalue weighted by Gasteiger charge is 2.50. The zero-order valence-electron chi connectivity index (χ0n) is 13.5. The van der Waals surface area contributed by atoms with Crippen molar-refractivity contribution < 1.29 is 9.50 Å². The average Bonchev–Trinajstić information content (AvgIpc) is 3.25. The number of nitrogens with zero attached hydrogens (tertiary/aromatic N) is 3. The minimum atomic E-state index is -1.24. The summed E-state index contributed by atoms with van der Waals surface area (Å²) >= 11 is 0. The topological polar surface area (TPSA) is 50.5 Å². The van der Waals surface area contributed by atoms with Gasteiger partial charge in [0.15, 0.2) is 5.60 Å². The van der Waals surface area contributed by atoms with E-state index in [4.69, 9.17) is 5.26 Å². The van der Waals surface area contributed by atoms with Crippen LogP contribution < -0.4 is 0 Å². The lowest BCUT2D eigenvalue weighted by atomic mass is 9.94. The van der Waals surface area contributed by atoms with Gasteiger partial charge >= 0.3 is 0 Å². The summed E-state index contributed by atoms with van der Waals surface area (Å²) in [5.41, 5.74) is 0.303. The van der Waals surface area contributed by atoms with Crippen molar-refractivity contribution >= 4 is 0 Å². The summed E-state index contributed by atoms with van der Waals surface area (Å²) in [5.74, 6) is 6.18. The smallest absolute Gasteiger partial charge is 0.169 e. The van der Waals surface area contributed by atoms with E-state index in [-0.39, 0.29) is 6.04 Å². The van der Waals surface area contributed by atoms with Crippen LogP contribution in [-0.2, 0) is 0 Å². The fourth-order valence-corrected chi connectivity index (χ4v) is 3.45. The number of nitriles is 1. The van der Waals surface area contributed by atoms with Crippen LogP contribution in [0.5, 0.6) is 0 Å². The Kier molecular flexibility index (Phi) is 3.30. The molecule has 4 nitrogen and oxygen atoms in total. The highest BCUT2D eigenvalue weighted by Crippen LogP contribution is 2.47. The summed E-state index contributed by atoms with van der Waals surface area (Å²) < 4.78 is 14.5. The molecule has 1 aliphatic carbocycles. The van der Waals surface area contributed by atoms with Gasteiger partial charge in [-0.2, -0.15) is 5.26 Å².